The van der Waals surface area contributed by atoms with E-state index in [1.165, 1.54) is 0 Å². The summed E-state index contributed by atoms with van der Waals surface area (Å²) in [5, 5.41) is 5.62. The maximum Gasteiger partial charge on any atom is 0.251 e. The fourth-order valence-electron chi connectivity index (χ4n) is 3.13. The molecule has 1 heterocycles. The molecule has 0 saturated carbocycles. The minimum absolute atomic E-state index is 0.0417. The van der Waals surface area contributed by atoms with Gasteiger partial charge in [0, 0.05) is 30.1 Å². The summed E-state index contributed by atoms with van der Waals surface area (Å²) in [6.07, 6.45) is 1.47. The highest BCUT2D eigenvalue weighted by atomic mass is 16.2. The second-order valence-electron chi connectivity index (χ2n) is 8.37. The fourth-order valence-corrected chi connectivity index (χ4v) is 3.13. The van der Waals surface area contributed by atoms with Crippen molar-refractivity contribution in [3.63, 3.8) is 0 Å². The fraction of sp³-hybridized carbons (Fsp3) is 0.571. The second-order valence-corrected chi connectivity index (χ2v) is 8.37. The Kier molecular flexibility index (Phi) is 6.63. The Morgan fingerprint density at radius 1 is 1.07 bits per heavy atom. The van der Waals surface area contributed by atoms with Gasteiger partial charge in [-0.05, 0) is 49.9 Å². The van der Waals surface area contributed by atoms with Crippen molar-refractivity contribution in [1.82, 2.24) is 15.5 Å². The topological polar surface area (TPSA) is 78.5 Å². The van der Waals surface area contributed by atoms with Gasteiger partial charge in [-0.2, -0.15) is 0 Å². The average molecular weight is 373 g/mol. The lowest BCUT2D eigenvalue weighted by molar-refractivity contribution is -0.140. The first-order valence-corrected chi connectivity index (χ1v) is 9.52. The number of rotatable bonds is 4. The van der Waals surface area contributed by atoms with Crippen molar-refractivity contribution >= 4 is 17.7 Å². The van der Waals surface area contributed by atoms with Gasteiger partial charge in [0.15, 0.2) is 0 Å². The van der Waals surface area contributed by atoms with Crippen LogP contribution in [0.3, 0.4) is 0 Å². The Hall–Kier alpha value is -2.37. The number of aryl methyl sites for hydroxylation is 2. The highest BCUT2D eigenvalue weighted by Crippen LogP contribution is 2.21. The van der Waals surface area contributed by atoms with Crippen LogP contribution in [0.2, 0.25) is 0 Å². The Morgan fingerprint density at radius 3 is 2.26 bits per heavy atom. The predicted octanol–water partition coefficient (Wildman–Crippen LogP) is 2.19. The van der Waals surface area contributed by atoms with Crippen LogP contribution >= 0.6 is 0 Å². The van der Waals surface area contributed by atoms with Gasteiger partial charge in [-0.25, -0.2) is 0 Å². The molecule has 0 bridgehead atoms. The van der Waals surface area contributed by atoms with Crippen molar-refractivity contribution in [2.75, 3.05) is 19.6 Å². The summed E-state index contributed by atoms with van der Waals surface area (Å²) >= 11 is 0. The smallest absolute Gasteiger partial charge is 0.251 e. The van der Waals surface area contributed by atoms with Crippen LogP contribution in [-0.4, -0.2) is 48.3 Å². The van der Waals surface area contributed by atoms with E-state index in [0.717, 1.165) is 24.0 Å². The van der Waals surface area contributed by atoms with Gasteiger partial charge in [0.25, 0.3) is 5.91 Å². The number of nitrogens with zero attached hydrogens (tertiary/aromatic N) is 1. The van der Waals surface area contributed by atoms with Gasteiger partial charge in [0.1, 0.15) is 0 Å². The van der Waals surface area contributed by atoms with Crippen molar-refractivity contribution in [2.24, 2.45) is 5.41 Å². The Labute approximate surface area is 161 Å². The molecule has 1 aliphatic rings. The monoisotopic (exact) mass is 373 g/mol. The molecule has 6 nitrogen and oxygen atoms in total. The molecule has 6 heteroatoms. The molecule has 0 unspecified atom stereocenters. The van der Waals surface area contributed by atoms with Crippen LogP contribution < -0.4 is 10.6 Å². The average Bonchev–Trinajstić information content (AvgIpc) is 2.61. The van der Waals surface area contributed by atoms with E-state index in [9.17, 15) is 14.4 Å². The summed E-state index contributed by atoms with van der Waals surface area (Å²) in [4.78, 5) is 38.5. The summed E-state index contributed by atoms with van der Waals surface area (Å²) in [5.74, 6) is -0.306. The number of hydrogen-bond donors (Lipinski definition) is 2. The maximum atomic E-state index is 12.3. The van der Waals surface area contributed by atoms with Crippen LogP contribution in [0.15, 0.2) is 18.2 Å². The van der Waals surface area contributed by atoms with Crippen molar-refractivity contribution in [1.29, 1.82) is 0 Å². The number of benzene rings is 1. The van der Waals surface area contributed by atoms with Gasteiger partial charge in [-0.15, -0.1) is 0 Å². The van der Waals surface area contributed by atoms with E-state index in [1.54, 1.807) is 6.07 Å². The SMILES string of the molecule is Cc1ccc(C(=O)NCC(=O)NC2CCN(C(=O)C(C)(C)C)CC2)cc1C. The van der Waals surface area contributed by atoms with Gasteiger partial charge in [-0.3, -0.25) is 14.4 Å². The molecule has 1 aromatic carbocycles. The van der Waals surface area contributed by atoms with Crippen molar-refractivity contribution in [3.05, 3.63) is 34.9 Å². The van der Waals surface area contributed by atoms with Crippen LogP contribution in [0.1, 0.15) is 55.1 Å². The van der Waals surface area contributed by atoms with Crippen molar-refractivity contribution in [3.8, 4) is 0 Å². The molecule has 2 rings (SSSR count). The molecule has 148 valence electrons. The van der Waals surface area contributed by atoms with Crippen LogP contribution in [0.4, 0.5) is 0 Å². The summed E-state index contributed by atoms with van der Waals surface area (Å²) < 4.78 is 0. The third kappa shape index (κ3) is 5.81. The van der Waals surface area contributed by atoms with E-state index >= 15 is 0 Å². The molecule has 0 radical (unpaired) electrons. The quantitative estimate of drug-likeness (QED) is 0.849. The zero-order chi connectivity index (χ0) is 20.2. The number of carbonyl (C=O) groups excluding carboxylic acids is 3. The molecule has 2 N–H and O–H groups in total. The minimum atomic E-state index is -0.380. The number of amides is 3. The van der Waals surface area contributed by atoms with E-state index in [2.05, 4.69) is 10.6 Å². The van der Waals surface area contributed by atoms with E-state index in [0.29, 0.717) is 18.7 Å². The standard InChI is InChI=1S/C21H31N3O3/c1-14-6-7-16(12-15(14)2)19(26)22-13-18(25)23-17-8-10-24(11-9-17)20(27)21(3,4)5/h6-7,12,17H,8-11,13H2,1-5H3,(H,22,26)(H,23,25). The van der Waals surface area contributed by atoms with Crippen LogP contribution in [0.25, 0.3) is 0 Å². The Bertz CT molecular complexity index is 714. The molecule has 1 saturated heterocycles. The summed E-state index contributed by atoms with van der Waals surface area (Å²) in [6, 6.07) is 5.53. The lowest BCUT2D eigenvalue weighted by atomic mass is 9.93. The highest BCUT2D eigenvalue weighted by Gasteiger charge is 2.30. The Balaban J connectivity index is 1.76. The summed E-state index contributed by atoms with van der Waals surface area (Å²) in [7, 11) is 0. The lowest BCUT2D eigenvalue weighted by Crippen LogP contribution is -2.50. The van der Waals surface area contributed by atoms with E-state index in [4.69, 9.17) is 0 Å². The zero-order valence-electron chi connectivity index (χ0n) is 17.0. The largest absolute Gasteiger partial charge is 0.352 e. The maximum absolute atomic E-state index is 12.3. The second kappa shape index (κ2) is 8.55. The van der Waals surface area contributed by atoms with Crippen LogP contribution in [0, 0.1) is 19.3 Å². The summed E-state index contributed by atoms with van der Waals surface area (Å²) in [6.45, 7) is 10.9. The van der Waals surface area contributed by atoms with E-state index in [1.807, 2.05) is 51.7 Å². The van der Waals surface area contributed by atoms with Gasteiger partial charge in [0.2, 0.25) is 11.8 Å². The number of hydrogen-bond acceptors (Lipinski definition) is 3. The molecule has 3 amide bonds. The van der Waals surface area contributed by atoms with Gasteiger partial charge in [-0.1, -0.05) is 26.8 Å². The van der Waals surface area contributed by atoms with E-state index in [-0.39, 0.29) is 35.7 Å². The molecule has 1 fully saturated rings. The van der Waals surface area contributed by atoms with Crippen molar-refractivity contribution in [2.45, 2.75) is 53.5 Å². The molecule has 27 heavy (non-hydrogen) atoms. The number of likely N-dealkylation sites (tertiary alicyclic amines) is 1. The minimum Gasteiger partial charge on any atom is -0.352 e. The predicted molar refractivity (Wildman–Crippen MR) is 105 cm³/mol. The first kappa shape index (κ1) is 20.9. The molecule has 1 aromatic rings. The molecular weight excluding hydrogens is 342 g/mol. The highest BCUT2D eigenvalue weighted by molar-refractivity contribution is 5.96. The molecule has 0 aliphatic carbocycles. The lowest BCUT2D eigenvalue weighted by Gasteiger charge is -2.36. The van der Waals surface area contributed by atoms with Crippen LogP contribution in [0.5, 0.6) is 0 Å². The van der Waals surface area contributed by atoms with Gasteiger partial charge in [0.05, 0.1) is 6.54 Å². The Morgan fingerprint density at radius 2 is 1.70 bits per heavy atom. The third-order valence-corrected chi connectivity index (χ3v) is 4.97. The van der Waals surface area contributed by atoms with Gasteiger partial charge >= 0.3 is 0 Å². The van der Waals surface area contributed by atoms with E-state index < -0.39 is 0 Å². The molecular formula is C21H31N3O3. The first-order chi connectivity index (χ1) is 12.6. The normalized spacial score (nSPS) is 15.4. The third-order valence-electron chi connectivity index (χ3n) is 4.97. The van der Waals surface area contributed by atoms with Crippen molar-refractivity contribution < 1.29 is 14.4 Å². The molecule has 0 atom stereocenters. The first-order valence-electron chi connectivity index (χ1n) is 9.52. The molecule has 0 spiro atoms. The molecule has 0 aromatic heterocycles. The number of carbonyl (C=O) groups is 3. The van der Waals surface area contributed by atoms with Gasteiger partial charge < -0.3 is 15.5 Å². The molecule has 1 aliphatic heterocycles. The number of nitrogens with one attached hydrogen (secondary N) is 2. The van der Waals surface area contributed by atoms with Crippen LogP contribution in [-0.2, 0) is 9.59 Å². The zero-order valence-corrected chi connectivity index (χ0v) is 17.0. The number of piperidine rings is 1. The summed E-state index contributed by atoms with van der Waals surface area (Å²) in [5.41, 5.74) is 2.35.